The van der Waals surface area contributed by atoms with Gasteiger partial charge in [-0.3, -0.25) is 9.69 Å². The molecule has 0 aliphatic carbocycles. The molecule has 1 aromatic carbocycles. The summed E-state index contributed by atoms with van der Waals surface area (Å²) in [4.78, 5) is 28.6. The van der Waals surface area contributed by atoms with Crippen LogP contribution in [0.2, 0.25) is 0 Å². The van der Waals surface area contributed by atoms with Gasteiger partial charge in [-0.25, -0.2) is 4.79 Å². The summed E-state index contributed by atoms with van der Waals surface area (Å²) in [6.45, 7) is 6.70. The number of methoxy groups -OCH3 is 1. The Morgan fingerprint density at radius 3 is 2.63 bits per heavy atom. The molecule has 3 rings (SSSR count). The monoisotopic (exact) mass is 402 g/mol. The third-order valence-corrected chi connectivity index (χ3v) is 6.43. The minimum atomic E-state index is -0.350. The first-order valence-corrected chi connectivity index (χ1v) is 9.87. The average Bonchev–Trinajstić information content (AvgIpc) is 3.02. The number of esters is 1. The number of amides is 1. The second-order valence-corrected chi connectivity index (χ2v) is 8.58. The number of carbonyl (C=O) groups is 2. The number of ether oxygens (including phenoxy) is 1. The standard InChI is InChI=1S/C20H22N2O3S2/c1-6-22-17(23)15(27-19(22)26)9-10-16-20(2,3)13-11-12(18(24)25-5)7-8-14(13)21(16)4/h7-11H,6H2,1-5H3/b15-9-,16-10-. The van der Waals surface area contributed by atoms with Gasteiger partial charge in [0.15, 0.2) is 0 Å². The number of thiocarbonyl (C=S) groups is 1. The SMILES string of the molecule is CCN1C(=O)/C(=C/C=C2\N(C)c3ccc(C(=O)OC)cc3C2(C)C)SC1=S. The lowest BCUT2D eigenvalue weighted by atomic mass is 9.83. The summed E-state index contributed by atoms with van der Waals surface area (Å²) < 4.78 is 5.44. The fourth-order valence-electron chi connectivity index (χ4n) is 3.52. The molecule has 27 heavy (non-hydrogen) atoms. The maximum absolute atomic E-state index is 12.4. The predicted octanol–water partition coefficient (Wildman–Crippen LogP) is 3.85. The Hall–Kier alpha value is -2.12. The summed E-state index contributed by atoms with van der Waals surface area (Å²) in [5.74, 6) is -0.398. The van der Waals surface area contributed by atoms with Crippen molar-refractivity contribution < 1.29 is 14.3 Å². The summed E-state index contributed by atoms with van der Waals surface area (Å²) in [5.41, 5.74) is 3.34. The Morgan fingerprint density at radius 2 is 2.04 bits per heavy atom. The van der Waals surface area contributed by atoms with Crippen LogP contribution >= 0.6 is 24.0 Å². The number of allylic oxidation sites excluding steroid dienone is 3. The van der Waals surface area contributed by atoms with Crippen LogP contribution in [0, 0.1) is 0 Å². The highest BCUT2D eigenvalue weighted by molar-refractivity contribution is 8.26. The Kier molecular flexibility index (Phi) is 5.18. The number of rotatable bonds is 3. The molecule has 0 N–H and O–H groups in total. The van der Waals surface area contributed by atoms with E-state index in [4.69, 9.17) is 17.0 Å². The molecule has 1 aromatic rings. The van der Waals surface area contributed by atoms with Crippen molar-refractivity contribution in [1.29, 1.82) is 0 Å². The van der Waals surface area contributed by atoms with Crippen LogP contribution in [0.25, 0.3) is 0 Å². The molecule has 0 atom stereocenters. The second kappa shape index (κ2) is 7.13. The molecule has 2 aliphatic rings. The van der Waals surface area contributed by atoms with Crippen molar-refractivity contribution in [2.24, 2.45) is 0 Å². The van der Waals surface area contributed by atoms with Crippen LogP contribution < -0.4 is 4.90 Å². The average molecular weight is 403 g/mol. The molecule has 0 bridgehead atoms. The van der Waals surface area contributed by atoms with Crippen molar-refractivity contribution in [3.05, 3.63) is 52.1 Å². The fourth-order valence-corrected chi connectivity index (χ4v) is 4.85. The van der Waals surface area contributed by atoms with E-state index in [0.29, 0.717) is 21.3 Å². The van der Waals surface area contributed by atoms with E-state index in [2.05, 4.69) is 18.7 Å². The van der Waals surface area contributed by atoms with Gasteiger partial charge in [-0.2, -0.15) is 0 Å². The van der Waals surface area contributed by atoms with Crippen LogP contribution in [0.5, 0.6) is 0 Å². The quantitative estimate of drug-likeness (QED) is 0.435. The Morgan fingerprint density at radius 1 is 1.33 bits per heavy atom. The van der Waals surface area contributed by atoms with E-state index in [1.807, 2.05) is 38.3 Å². The van der Waals surface area contributed by atoms with Gasteiger partial charge in [-0.15, -0.1) is 0 Å². The van der Waals surface area contributed by atoms with Gasteiger partial charge in [0.05, 0.1) is 17.6 Å². The number of benzene rings is 1. The lowest BCUT2D eigenvalue weighted by molar-refractivity contribution is -0.122. The summed E-state index contributed by atoms with van der Waals surface area (Å²) in [5, 5.41) is 0. The van der Waals surface area contributed by atoms with Crippen molar-refractivity contribution in [2.75, 3.05) is 25.6 Å². The molecule has 1 fully saturated rings. The number of anilines is 1. The molecule has 142 valence electrons. The topological polar surface area (TPSA) is 49.9 Å². The van der Waals surface area contributed by atoms with Crippen LogP contribution in [-0.2, 0) is 14.9 Å². The summed E-state index contributed by atoms with van der Waals surface area (Å²) in [6.07, 6.45) is 3.81. The number of hydrogen-bond donors (Lipinski definition) is 0. The second-order valence-electron chi connectivity index (χ2n) is 6.91. The number of likely N-dealkylation sites (N-methyl/N-ethyl adjacent to an activating group) is 2. The van der Waals surface area contributed by atoms with Gasteiger partial charge in [0.25, 0.3) is 5.91 Å². The Bertz CT molecular complexity index is 902. The van der Waals surface area contributed by atoms with Gasteiger partial charge in [0.2, 0.25) is 0 Å². The van der Waals surface area contributed by atoms with Crippen molar-refractivity contribution in [3.8, 4) is 0 Å². The van der Waals surface area contributed by atoms with E-state index in [0.717, 1.165) is 16.9 Å². The summed E-state index contributed by atoms with van der Waals surface area (Å²) in [7, 11) is 3.37. The highest BCUT2D eigenvalue weighted by Crippen LogP contribution is 2.47. The van der Waals surface area contributed by atoms with E-state index < -0.39 is 0 Å². The van der Waals surface area contributed by atoms with Crippen molar-refractivity contribution in [1.82, 2.24) is 4.90 Å². The zero-order valence-corrected chi connectivity index (χ0v) is 17.7. The normalized spacial score (nSPS) is 21.4. The number of nitrogens with zero attached hydrogens (tertiary/aromatic N) is 2. The molecule has 0 radical (unpaired) electrons. The van der Waals surface area contributed by atoms with E-state index in [1.165, 1.54) is 18.9 Å². The van der Waals surface area contributed by atoms with Gasteiger partial charge >= 0.3 is 5.97 Å². The van der Waals surface area contributed by atoms with Gasteiger partial charge in [-0.05, 0) is 42.8 Å². The Balaban J connectivity index is 1.99. The van der Waals surface area contributed by atoms with Crippen molar-refractivity contribution >= 4 is 45.9 Å². The minimum absolute atomic E-state index is 0.0479. The molecule has 7 heteroatoms. The van der Waals surface area contributed by atoms with E-state index in [1.54, 1.807) is 11.0 Å². The molecule has 2 heterocycles. The molecule has 2 aliphatic heterocycles. The number of fused-ring (bicyclic) bond motifs is 1. The van der Waals surface area contributed by atoms with Crippen molar-refractivity contribution in [2.45, 2.75) is 26.2 Å². The largest absolute Gasteiger partial charge is 0.465 e. The molecular weight excluding hydrogens is 380 g/mol. The molecule has 1 saturated heterocycles. The fraction of sp³-hybridized carbons (Fsp3) is 0.350. The highest BCUT2D eigenvalue weighted by Gasteiger charge is 2.39. The van der Waals surface area contributed by atoms with E-state index >= 15 is 0 Å². The molecule has 0 spiro atoms. The van der Waals surface area contributed by atoms with Crippen LogP contribution in [-0.4, -0.2) is 41.8 Å². The molecule has 5 nitrogen and oxygen atoms in total. The maximum Gasteiger partial charge on any atom is 0.337 e. The van der Waals surface area contributed by atoms with Gasteiger partial charge in [0, 0.05) is 30.4 Å². The van der Waals surface area contributed by atoms with E-state index in [-0.39, 0.29) is 17.3 Å². The molecule has 0 aromatic heterocycles. The third kappa shape index (κ3) is 3.19. The first-order valence-electron chi connectivity index (χ1n) is 8.65. The zero-order valence-electron chi connectivity index (χ0n) is 16.0. The Labute approximate surface area is 169 Å². The van der Waals surface area contributed by atoms with E-state index in [9.17, 15) is 9.59 Å². The lowest BCUT2D eigenvalue weighted by Gasteiger charge is -2.23. The lowest BCUT2D eigenvalue weighted by Crippen LogP contribution is -2.27. The van der Waals surface area contributed by atoms with Crippen molar-refractivity contribution in [3.63, 3.8) is 0 Å². The first kappa shape index (κ1) is 19.6. The van der Waals surface area contributed by atoms with Crippen LogP contribution in [0.3, 0.4) is 0 Å². The first-order chi connectivity index (χ1) is 12.7. The number of hydrogen-bond acceptors (Lipinski definition) is 6. The molecular formula is C20H22N2O3S2. The van der Waals surface area contributed by atoms with Gasteiger partial charge in [-0.1, -0.05) is 37.8 Å². The van der Waals surface area contributed by atoms with Gasteiger partial charge < -0.3 is 9.64 Å². The summed E-state index contributed by atoms with van der Waals surface area (Å²) in [6, 6.07) is 5.59. The predicted molar refractivity (Wildman–Crippen MR) is 113 cm³/mol. The molecule has 1 amide bonds. The third-order valence-electron chi connectivity index (χ3n) is 5.04. The van der Waals surface area contributed by atoms with Gasteiger partial charge in [0.1, 0.15) is 4.32 Å². The number of carbonyl (C=O) groups excluding carboxylic acids is 2. The smallest absolute Gasteiger partial charge is 0.337 e. The van der Waals surface area contributed by atoms with Crippen LogP contribution in [0.15, 0.2) is 41.0 Å². The number of thioether (sulfide) groups is 1. The maximum atomic E-state index is 12.4. The highest BCUT2D eigenvalue weighted by atomic mass is 32.2. The van der Waals surface area contributed by atoms with Crippen LogP contribution in [0.1, 0.15) is 36.7 Å². The van der Waals surface area contributed by atoms with Crippen LogP contribution in [0.4, 0.5) is 5.69 Å². The molecule has 0 unspecified atom stereocenters. The summed E-state index contributed by atoms with van der Waals surface area (Å²) >= 11 is 6.60. The molecule has 0 saturated carbocycles. The zero-order chi connectivity index (χ0) is 19.9. The minimum Gasteiger partial charge on any atom is -0.465 e.